The topological polar surface area (TPSA) is 365 Å². The van der Waals surface area contributed by atoms with E-state index < -0.39 is 39.9 Å². The molecule has 0 bridgehead atoms. The molecule has 0 unspecified atom stereocenters. The fraction of sp³-hybridized carbons (Fsp3) is 0.317. The van der Waals surface area contributed by atoms with Crippen molar-refractivity contribution in [3.8, 4) is 82.5 Å². The Kier molecular flexibility index (Phi) is 49.3. The number of aldehydes is 1. The van der Waals surface area contributed by atoms with Crippen molar-refractivity contribution in [3.05, 3.63) is 296 Å². The number of ether oxygens (including phenoxy) is 3. The molecular weight excluding hydrogens is 1720 g/mol. The van der Waals surface area contributed by atoms with Crippen molar-refractivity contribution in [2.45, 2.75) is 202 Å². The Hall–Kier alpha value is -15.3. The number of carbonyl (C=O) groups is 5. The average molecular weight is 1860 g/mol. The van der Waals surface area contributed by atoms with Crippen LogP contribution in [0.4, 0.5) is 4.39 Å². The second-order valence-electron chi connectivity index (χ2n) is 30.5. The van der Waals surface area contributed by atoms with Crippen LogP contribution in [0.25, 0.3) is 34.9 Å². The number of primary amides is 1. The van der Waals surface area contributed by atoms with E-state index in [1.807, 2.05) is 165 Å². The summed E-state index contributed by atoms with van der Waals surface area (Å²) in [6.07, 6.45) is 31.8. The van der Waals surface area contributed by atoms with Crippen LogP contribution in [-0.4, -0.2) is 169 Å². The number of rotatable bonds is 13. The predicted octanol–water partition coefficient (Wildman–Crippen LogP) is 19.5. The number of H-pyrrole nitrogens is 1. The van der Waals surface area contributed by atoms with Crippen LogP contribution < -0.4 is 5.73 Å². The van der Waals surface area contributed by atoms with E-state index in [0.29, 0.717) is 64.7 Å². The van der Waals surface area contributed by atoms with Crippen molar-refractivity contribution in [2.75, 3.05) is 20.3 Å². The summed E-state index contributed by atoms with van der Waals surface area (Å²) in [5, 5.41) is 0. The summed E-state index contributed by atoms with van der Waals surface area (Å²) in [6, 6.07) is 26.2. The number of hydrogen-bond acceptors (Lipinski definition) is 22. The molecule has 0 saturated carbocycles. The molecular formula is C101H133FN22O8Si2. The number of aromatic nitrogens is 21. The minimum absolute atomic E-state index is 0. The van der Waals surface area contributed by atoms with E-state index in [9.17, 15) is 28.4 Å². The first-order valence-electron chi connectivity index (χ1n) is 39.9. The van der Waals surface area contributed by atoms with Gasteiger partial charge in [-0.25, -0.2) is 84.2 Å². The molecule has 0 aliphatic rings. The summed E-state index contributed by atoms with van der Waals surface area (Å²) in [4.78, 5) is 118. The van der Waals surface area contributed by atoms with Crippen LogP contribution in [0.2, 0.25) is 39.3 Å². The molecule has 14 aromatic heterocycles. The molecule has 33 heteroatoms. The van der Waals surface area contributed by atoms with Gasteiger partial charge in [-0.15, -0.1) is 23.9 Å². The molecule has 0 aromatic carbocycles. The zero-order chi connectivity index (χ0) is 93.6. The SMILES string of the molecule is C.C.C.C.C.C.C.C#Cc1nc(C(N)=O)n(-c2ccc(C)cn2)c1C.C#Cc1ncn(-c2ccc(C)cn2)c1C.CCOC(=O)c1nc[nH]c1C.CCOC(=O)c1ncn(-c2ccc(C)cn2)c1C.COC(=O)c1nc(C#C[Si](C)(C)C)c(C)n1-c1ccc(C)cn1.Cc1ccc(-n2cnc(C#C[Si](C)(C)C)c2C)nc1.Cc1ccc(-n2cnc(C=O)c2C)nc1.Cc1ccc(F)nc1. The Morgan fingerprint density at radius 1 is 0.403 bits per heavy atom. The monoisotopic (exact) mass is 1860 g/mol. The minimum atomic E-state index is -1.54. The third-order valence-corrected chi connectivity index (χ3v) is 19.6. The molecule has 710 valence electrons. The molecule has 30 nitrogen and oxygen atoms in total. The van der Waals surface area contributed by atoms with Gasteiger partial charge in [0.05, 0.1) is 60.8 Å². The van der Waals surface area contributed by atoms with Gasteiger partial charge in [-0.05, 0) is 204 Å². The number of esters is 3. The van der Waals surface area contributed by atoms with Gasteiger partial charge in [0.25, 0.3) is 5.91 Å². The summed E-state index contributed by atoms with van der Waals surface area (Å²) < 4.78 is 37.2. The fourth-order valence-electron chi connectivity index (χ4n) is 10.9. The van der Waals surface area contributed by atoms with Gasteiger partial charge < -0.3 is 24.9 Å². The Labute approximate surface area is 793 Å². The first-order chi connectivity index (χ1) is 60.2. The molecule has 0 radical (unpaired) electrons. The standard InChI is InChI=1S/C17H21N3O2Si.C15H19N3Si.C13H12N4O.C13H15N3O2.C12H11N3.C11H11N3O.C7H10N2O2.C6H6FN.7CH4/c1-12-7-8-15(18-11-12)20-13(2)14(9-10-23(4,5)6)19-16(20)17(21)22-3;1-12-6-7-15(16-10-12)18-11-17-14(13(18)2)8-9-19(3,4)5;1-4-10-9(3)17(13(16-10)12(14)18)11-6-5-8(2)7-15-11;1-4-18-13(17)12-10(3)16(8-15-12)11-6-5-9(2)7-14-11;1-4-11-10(3)15(8-14-11)12-6-5-9(2)7-13-12;1-8-3-4-11(12-5-8)14-7-13-10(6-15)9(14)2;1-3-11-7(10)6-5(2)8-4-9-6;1-5-2-3-6(7)8-4-5;;;;;;;/h7-8,11H,1-6H3;6-7,10-11H,1-5H3;1,5-7H,2-3H3,(H2,14,18);5-8H,4H2,1-3H3;1,5-8H,2-3H3;3-7H,1-2H3;4H,3H2,1-2H3,(H,8,9);2-4H,1H3;7*1H4. The predicted molar refractivity (Wildman–Crippen MR) is 538 cm³/mol. The highest BCUT2D eigenvalue weighted by molar-refractivity contribution is 6.84. The Morgan fingerprint density at radius 2 is 0.739 bits per heavy atom. The summed E-state index contributed by atoms with van der Waals surface area (Å²) in [5.74, 6) is 13.7. The van der Waals surface area contributed by atoms with Crippen LogP contribution in [-0.2, 0) is 14.2 Å². The molecule has 0 fully saturated rings. The first kappa shape index (κ1) is 119. The molecule has 134 heavy (non-hydrogen) atoms. The van der Waals surface area contributed by atoms with Crippen LogP contribution in [0.5, 0.6) is 0 Å². The maximum Gasteiger partial charge on any atom is 0.374 e. The van der Waals surface area contributed by atoms with Gasteiger partial charge in [0.15, 0.2) is 17.7 Å². The average Bonchev–Trinajstić information content (AvgIpc) is 1.65. The second-order valence-corrected chi connectivity index (χ2v) is 40.0. The van der Waals surface area contributed by atoms with Gasteiger partial charge >= 0.3 is 17.9 Å². The summed E-state index contributed by atoms with van der Waals surface area (Å²) in [6.45, 7) is 44.2. The highest BCUT2D eigenvalue weighted by Crippen LogP contribution is 2.22. The normalized spacial score (nSPS) is 9.78. The molecule has 14 rings (SSSR count). The number of carbonyl (C=O) groups excluding carboxylic acids is 5. The molecule has 0 aliphatic carbocycles. The third kappa shape index (κ3) is 33.9. The van der Waals surface area contributed by atoms with Gasteiger partial charge in [0.2, 0.25) is 17.6 Å². The third-order valence-electron chi connectivity index (χ3n) is 17.8. The second kappa shape index (κ2) is 55.6. The number of nitrogens with two attached hydrogens (primary N) is 1. The summed E-state index contributed by atoms with van der Waals surface area (Å²) in [7, 11) is -1.56. The Morgan fingerprint density at radius 3 is 1.07 bits per heavy atom. The highest BCUT2D eigenvalue weighted by atomic mass is 28.3. The summed E-state index contributed by atoms with van der Waals surface area (Å²) >= 11 is 0. The summed E-state index contributed by atoms with van der Waals surface area (Å²) in [5.41, 5.74) is 28.8. The number of methoxy groups -OCH3 is 1. The molecule has 14 aromatic rings. The number of halogens is 1. The smallest absolute Gasteiger partial charge is 0.374 e. The number of nitrogens with zero attached hydrogens (tertiary/aromatic N) is 20. The van der Waals surface area contributed by atoms with E-state index >= 15 is 0 Å². The highest BCUT2D eigenvalue weighted by Gasteiger charge is 2.24. The van der Waals surface area contributed by atoms with E-state index in [2.05, 4.69) is 155 Å². The maximum absolute atomic E-state index is 12.1. The van der Waals surface area contributed by atoms with E-state index in [1.54, 1.807) is 108 Å². The van der Waals surface area contributed by atoms with Crippen LogP contribution in [0.15, 0.2) is 160 Å². The molecule has 1 amide bonds. The van der Waals surface area contributed by atoms with E-state index in [-0.39, 0.29) is 69.6 Å². The number of hydrogen-bond donors (Lipinski definition) is 2. The van der Waals surface area contributed by atoms with Gasteiger partial charge in [0, 0.05) is 49.1 Å². The lowest BCUT2D eigenvalue weighted by Crippen LogP contribution is -2.18. The number of imidazole rings is 7. The fourth-order valence-corrected chi connectivity index (χ4v) is 11.9. The van der Waals surface area contributed by atoms with Crippen LogP contribution >= 0.6 is 0 Å². The van der Waals surface area contributed by atoms with Crippen molar-refractivity contribution >= 4 is 46.2 Å². The lowest BCUT2D eigenvalue weighted by Gasteiger charge is -2.08. The van der Waals surface area contributed by atoms with E-state index in [1.165, 1.54) is 25.7 Å². The Bertz CT molecular complexity index is 6290. The number of terminal acetylenes is 2. The van der Waals surface area contributed by atoms with Crippen LogP contribution in [0.1, 0.15) is 220 Å². The van der Waals surface area contributed by atoms with Crippen molar-refractivity contribution in [3.63, 3.8) is 0 Å². The van der Waals surface area contributed by atoms with Crippen molar-refractivity contribution in [1.29, 1.82) is 0 Å². The van der Waals surface area contributed by atoms with Gasteiger partial charge in [0.1, 0.15) is 105 Å². The maximum atomic E-state index is 12.1. The molecule has 3 N–H and O–H groups in total. The molecule has 0 atom stereocenters. The number of pyridine rings is 7. The van der Waals surface area contributed by atoms with Gasteiger partial charge in [-0.2, -0.15) is 4.39 Å². The molecule has 14 heterocycles. The van der Waals surface area contributed by atoms with Crippen LogP contribution in [0, 0.1) is 150 Å². The quantitative estimate of drug-likeness (QED) is 0.0270. The molecule has 0 spiro atoms. The lowest BCUT2D eigenvalue weighted by atomic mass is 10.3. The first-order valence-corrected chi connectivity index (χ1v) is 46.9. The number of nitrogens with one attached hydrogen (secondary N) is 1. The number of aromatic amines is 1. The number of aryl methyl sites for hydroxylation is 8. The van der Waals surface area contributed by atoms with E-state index in [0.717, 1.165) is 108 Å². The molecule has 0 saturated heterocycles. The zero-order valence-electron chi connectivity index (χ0n) is 75.8. The largest absolute Gasteiger partial charge is 0.463 e. The van der Waals surface area contributed by atoms with Crippen LogP contribution in [0.3, 0.4) is 0 Å². The van der Waals surface area contributed by atoms with Crippen molar-refractivity contribution < 1.29 is 42.6 Å². The van der Waals surface area contributed by atoms with Gasteiger partial charge in [-0.3, -0.25) is 37.0 Å². The van der Waals surface area contributed by atoms with Crippen molar-refractivity contribution in [2.24, 2.45) is 5.73 Å². The number of amides is 1. The van der Waals surface area contributed by atoms with Crippen molar-refractivity contribution in [1.82, 2.24) is 102 Å². The zero-order valence-corrected chi connectivity index (χ0v) is 77.8. The van der Waals surface area contributed by atoms with E-state index in [4.69, 9.17) is 32.8 Å². The van der Waals surface area contributed by atoms with Gasteiger partial charge in [-0.1, -0.05) is 146 Å². The Balaban J connectivity index is 0.00000152. The molecule has 0 aliphatic heterocycles. The lowest BCUT2D eigenvalue weighted by molar-refractivity contribution is 0.0509. The minimum Gasteiger partial charge on any atom is -0.463 e.